The average Bonchev–Trinajstić information content (AvgIpc) is 3.33. The molecular weight excluding hydrogens is 562 g/mol. The highest BCUT2D eigenvalue weighted by atomic mass is 16.6. The minimum absolute atomic E-state index is 0.00595. The molecule has 44 heavy (non-hydrogen) atoms. The van der Waals surface area contributed by atoms with Crippen molar-refractivity contribution in [3.05, 3.63) is 85.0 Å². The van der Waals surface area contributed by atoms with Gasteiger partial charge in [-0.05, 0) is 55.4 Å². The van der Waals surface area contributed by atoms with Crippen LogP contribution in [-0.2, 0) is 23.9 Å². The third kappa shape index (κ3) is 9.54. The number of aliphatic hydroxyl groups excluding tert-OH is 1. The highest BCUT2D eigenvalue weighted by Crippen LogP contribution is 2.44. The lowest BCUT2D eigenvalue weighted by Gasteiger charge is -2.22. The number of allylic oxidation sites excluding steroid dienone is 2. The Balaban J connectivity index is 1.53. The molecule has 2 aromatic rings. The Kier molecular flexibility index (Phi) is 13.2. The molecule has 0 saturated carbocycles. The normalized spacial score (nSPS) is 14.5. The lowest BCUT2D eigenvalue weighted by atomic mass is 9.98. The highest BCUT2D eigenvalue weighted by molar-refractivity contribution is 5.86. The Morgan fingerprint density at radius 1 is 0.955 bits per heavy atom. The van der Waals surface area contributed by atoms with Gasteiger partial charge in [-0.25, -0.2) is 9.59 Å². The van der Waals surface area contributed by atoms with Crippen molar-refractivity contribution in [2.75, 3.05) is 19.8 Å². The Hall–Kier alpha value is -4.44. The van der Waals surface area contributed by atoms with E-state index in [1.807, 2.05) is 36.4 Å². The molecule has 1 aliphatic rings. The predicted octanol–water partition coefficient (Wildman–Crippen LogP) is 3.99. The van der Waals surface area contributed by atoms with Crippen molar-refractivity contribution in [1.82, 2.24) is 16.0 Å². The Bertz CT molecular complexity index is 1280. The summed E-state index contributed by atoms with van der Waals surface area (Å²) in [6, 6.07) is 14.6. The third-order valence-electron chi connectivity index (χ3n) is 7.40. The van der Waals surface area contributed by atoms with E-state index in [1.54, 1.807) is 26.0 Å². The van der Waals surface area contributed by atoms with Gasteiger partial charge in [-0.15, -0.1) is 13.2 Å². The zero-order valence-electron chi connectivity index (χ0n) is 25.4. The van der Waals surface area contributed by atoms with Gasteiger partial charge in [0, 0.05) is 18.4 Å². The molecule has 0 aliphatic heterocycles. The number of hydrogen-bond donors (Lipinski definition) is 4. The summed E-state index contributed by atoms with van der Waals surface area (Å²) in [7, 11) is 0. The van der Waals surface area contributed by atoms with Crippen LogP contribution in [0, 0.1) is 5.92 Å². The van der Waals surface area contributed by atoms with Gasteiger partial charge in [0.1, 0.15) is 18.8 Å². The molecular formula is C34H43N3O7. The van der Waals surface area contributed by atoms with Crippen LogP contribution in [0.2, 0.25) is 0 Å². The summed E-state index contributed by atoms with van der Waals surface area (Å²) in [4.78, 5) is 50.8. The smallest absolute Gasteiger partial charge is 0.407 e. The number of esters is 1. The highest BCUT2D eigenvalue weighted by Gasteiger charge is 2.30. The lowest BCUT2D eigenvalue weighted by molar-refractivity contribution is -0.151. The summed E-state index contributed by atoms with van der Waals surface area (Å²) in [5.41, 5.74) is 4.38. The Labute approximate surface area is 258 Å². The first kappa shape index (κ1) is 34.1. The van der Waals surface area contributed by atoms with Crippen molar-refractivity contribution in [3.63, 3.8) is 0 Å². The number of carbonyl (C=O) groups is 4. The molecule has 0 spiro atoms. The first-order valence-electron chi connectivity index (χ1n) is 14.9. The van der Waals surface area contributed by atoms with E-state index >= 15 is 0 Å². The predicted molar refractivity (Wildman–Crippen MR) is 168 cm³/mol. The van der Waals surface area contributed by atoms with Crippen LogP contribution >= 0.6 is 0 Å². The van der Waals surface area contributed by atoms with Crippen LogP contribution in [0.4, 0.5) is 4.79 Å². The van der Waals surface area contributed by atoms with Gasteiger partial charge in [-0.1, -0.05) is 60.7 Å². The number of benzene rings is 2. The van der Waals surface area contributed by atoms with Gasteiger partial charge in [0.2, 0.25) is 11.8 Å². The van der Waals surface area contributed by atoms with Gasteiger partial charge in [-0.2, -0.15) is 0 Å². The number of fused-ring (bicyclic) bond motifs is 3. The number of hydrogen-bond acceptors (Lipinski definition) is 7. The second-order valence-electron chi connectivity index (χ2n) is 11.0. The van der Waals surface area contributed by atoms with Crippen LogP contribution < -0.4 is 16.0 Å². The van der Waals surface area contributed by atoms with Crippen molar-refractivity contribution >= 4 is 23.9 Å². The van der Waals surface area contributed by atoms with Gasteiger partial charge in [-0.3, -0.25) is 9.59 Å². The Morgan fingerprint density at radius 2 is 1.59 bits per heavy atom. The topological polar surface area (TPSA) is 143 Å². The summed E-state index contributed by atoms with van der Waals surface area (Å²) in [5, 5.41) is 17.1. The van der Waals surface area contributed by atoms with Crippen molar-refractivity contribution in [2.24, 2.45) is 5.92 Å². The third-order valence-corrected chi connectivity index (χ3v) is 7.40. The Morgan fingerprint density at radius 3 is 2.18 bits per heavy atom. The van der Waals surface area contributed by atoms with E-state index in [0.29, 0.717) is 6.42 Å². The van der Waals surface area contributed by atoms with Crippen LogP contribution in [0.1, 0.15) is 56.6 Å². The molecule has 10 nitrogen and oxygen atoms in total. The second-order valence-corrected chi connectivity index (χ2v) is 11.0. The first-order chi connectivity index (χ1) is 21.2. The number of carbonyl (C=O) groups excluding carboxylic acids is 4. The van der Waals surface area contributed by atoms with Crippen molar-refractivity contribution in [3.8, 4) is 11.1 Å². The SMILES string of the molecule is C=CCCC(NC(=O)OCC1c2ccccc2-c2ccccc21)C(=O)OC(C)CNC(=O)C(CC=C)CC(=O)NC(C)CO. The van der Waals surface area contributed by atoms with E-state index in [0.717, 1.165) is 22.3 Å². The zero-order valence-corrected chi connectivity index (χ0v) is 25.4. The molecule has 0 heterocycles. The van der Waals surface area contributed by atoms with Gasteiger partial charge >= 0.3 is 12.1 Å². The molecule has 3 amide bonds. The van der Waals surface area contributed by atoms with Crippen LogP contribution in [0.25, 0.3) is 11.1 Å². The van der Waals surface area contributed by atoms with Gasteiger partial charge in [0.15, 0.2) is 0 Å². The van der Waals surface area contributed by atoms with Gasteiger partial charge in [0.25, 0.3) is 0 Å². The molecule has 2 aromatic carbocycles. The summed E-state index contributed by atoms with van der Waals surface area (Å²) in [6.07, 6.45) is 2.65. The molecule has 236 valence electrons. The fourth-order valence-corrected chi connectivity index (χ4v) is 5.11. The molecule has 0 fully saturated rings. The standard InChI is InChI=1S/C34H43N3O7/c1-5-7-17-30(33(41)44-23(4)19-35-32(40)24(12-6-2)18-31(39)36-22(3)20-38)37-34(42)43-21-29-27-15-10-8-13-25(27)26-14-9-11-16-28(26)29/h5-6,8-11,13-16,22-24,29-30,38H,1-2,7,12,17-21H2,3-4H3,(H,35,40)(H,36,39)(H,37,42). The molecule has 4 atom stereocenters. The molecule has 1 aliphatic carbocycles. The largest absolute Gasteiger partial charge is 0.459 e. The van der Waals surface area contributed by atoms with E-state index in [1.165, 1.54) is 0 Å². The number of rotatable bonds is 17. The maximum Gasteiger partial charge on any atom is 0.407 e. The summed E-state index contributed by atoms with van der Waals surface area (Å²) in [5.74, 6) is -2.21. The van der Waals surface area contributed by atoms with Crippen LogP contribution in [0.5, 0.6) is 0 Å². The molecule has 0 aromatic heterocycles. The van der Waals surface area contributed by atoms with E-state index in [2.05, 4.69) is 41.2 Å². The minimum Gasteiger partial charge on any atom is -0.459 e. The minimum atomic E-state index is -0.979. The molecule has 0 radical (unpaired) electrons. The van der Waals surface area contributed by atoms with Crippen molar-refractivity contribution in [1.29, 1.82) is 0 Å². The zero-order chi connectivity index (χ0) is 32.1. The molecule has 4 N–H and O–H groups in total. The van der Waals surface area contributed by atoms with Crippen molar-refractivity contribution in [2.45, 2.75) is 63.6 Å². The average molecular weight is 606 g/mol. The van der Waals surface area contributed by atoms with E-state index in [4.69, 9.17) is 14.6 Å². The molecule has 0 bridgehead atoms. The van der Waals surface area contributed by atoms with Gasteiger partial charge < -0.3 is 30.5 Å². The number of alkyl carbamates (subject to hydrolysis) is 1. The van der Waals surface area contributed by atoms with E-state index < -0.39 is 36.2 Å². The van der Waals surface area contributed by atoms with Crippen LogP contribution in [-0.4, -0.2) is 66.9 Å². The van der Waals surface area contributed by atoms with Crippen LogP contribution in [0.3, 0.4) is 0 Å². The van der Waals surface area contributed by atoms with E-state index in [9.17, 15) is 19.2 Å². The fraction of sp³-hybridized carbons (Fsp3) is 0.412. The maximum atomic E-state index is 13.0. The maximum absolute atomic E-state index is 13.0. The van der Waals surface area contributed by atoms with Crippen LogP contribution in [0.15, 0.2) is 73.8 Å². The van der Waals surface area contributed by atoms with Gasteiger partial charge in [0.05, 0.1) is 19.1 Å². The first-order valence-corrected chi connectivity index (χ1v) is 14.9. The molecule has 10 heteroatoms. The quantitative estimate of drug-likeness (QED) is 0.158. The molecule has 4 unspecified atom stereocenters. The van der Waals surface area contributed by atoms with E-state index in [-0.39, 0.29) is 56.8 Å². The number of ether oxygens (including phenoxy) is 2. The summed E-state index contributed by atoms with van der Waals surface area (Å²) in [6.45, 7) is 10.5. The molecule has 3 rings (SSSR count). The van der Waals surface area contributed by atoms with Crippen molar-refractivity contribution < 1.29 is 33.8 Å². The fourth-order valence-electron chi connectivity index (χ4n) is 5.11. The lowest BCUT2D eigenvalue weighted by Crippen LogP contribution is -2.45. The number of amides is 3. The summed E-state index contributed by atoms with van der Waals surface area (Å²) >= 11 is 0. The number of aliphatic hydroxyl groups is 1. The summed E-state index contributed by atoms with van der Waals surface area (Å²) < 4.78 is 11.1. The monoisotopic (exact) mass is 605 g/mol. The second kappa shape index (κ2) is 17.0. The molecule has 0 saturated heterocycles. The number of nitrogens with one attached hydrogen (secondary N) is 3.